The molecule has 0 atom stereocenters. The number of fused-ring (bicyclic) bond motifs is 1. The van der Waals surface area contributed by atoms with Crippen molar-refractivity contribution in [1.82, 2.24) is 9.88 Å². The van der Waals surface area contributed by atoms with E-state index < -0.39 is 11.8 Å². The molecule has 0 spiro atoms. The van der Waals surface area contributed by atoms with Gasteiger partial charge in [-0.1, -0.05) is 23.2 Å². The lowest BCUT2D eigenvalue weighted by atomic mass is 10.2. The van der Waals surface area contributed by atoms with Crippen molar-refractivity contribution in [1.29, 1.82) is 0 Å². The van der Waals surface area contributed by atoms with Crippen LogP contribution in [0, 0.1) is 0 Å². The van der Waals surface area contributed by atoms with Crippen LogP contribution in [0.15, 0.2) is 18.2 Å². The predicted molar refractivity (Wildman–Crippen MR) is 95.9 cm³/mol. The molecule has 9 heteroatoms. The lowest BCUT2D eigenvalue weighted by Crippen LogP contribution is -2.29. The van der Waals surface area contributed by atoms with Gasteiger partial charge in [0.15, 0.2) is 5.13 Å². The predicted octanol–water partition coefficient (Wildman–Crippen LogP) is 3.02. The van der Waals surface area contributed by atoms with Gasteiger partial charge >= 0.3 is 11.8 Å². The van der Waals surface area contributed by atoms with Gasteiger partial charge < -0.3 is 10.2 Å². The molecule has 1 aliphatic heterocycles. The molecule has 0 radical (unpaired) electrons. The minimum atomic E-state index is -0.793. The molecule has 1 aromatic heterocycles. The van der Waals surface area contributed by atoms with Crippen molar-refractivity contribution in [3.63, 3.8) is 0 Å². The number of anilines is 2. The van der Waals surface area contributed by atoms with E-state index in [2.05, 4.69) is 20.5 Å². The number of nitrogens with zero attached hydrogens (tertiary/aromatic N) is 2. The number of hydrogen-bond donors (Lipinski definition) is 2. The first-order valence-electron chi connectivity index (χ1n) is 7.17. The largest absolute Gasteiger partial charge is 0.318 e. The molecule has 1 aromatic carbocycles. The SMILES string of the molecule is CN1CCc2nc(NC(=O)C(=O)Nc3ccc(Cl)c(Cl)c3)sc2C1. The van der Waals surface area contributed by atoms with Crippen LogP contribution >= 0.6 is 34.5 Å². The van der Waals surface area contributed by atoms with E-state index in [0.717, 1.165) is 30.1 Å². The van der Waals surface area contributed by atoms with Crippen molar-refractivity contribution in [3.05, 3.63) is 38.8 Å². The number of benzene rings is 1. The number of thiazole rings is 1. The van der Waals surface area contributed by atoms with Crippen LogP contribution in [0.2, 0.25) is 10.0 Å². The van der Waals surface area contributed by atoms with Gasteiger partial charge in [-0.15, -0.1) is 11.3 Å². The second kappa shape index (κ2) is 7.06. The van der Waals surface area contributed by atoms with Crippen molar-refractivity contribution in [2.75, 3.05) is 24.2 Å². The van der Waals surface area contributed by atoms with Crippen LogP contribution in [0.25, 0.3) is 0 Å². The lowest BCUT2D eigenvalue weighted by Gasteiger charge is -2.20. The van der Waals surface area contributed by atoms with Crippen LogP contribution in [0.5, 0.6) is 0 Å². The summed E-state index contributed by atoms with van der Waals surface area (Å²) in [4.78, 5) is 31.7. The van der Waals surface area contributed by atoms with Gasteiger partial charge in [-0.3, -0.25) is 14.9 Å². The smallest absolute Gasteiger partial charge is 0.315 e. The average molecular weight is 385 g/mol. The summed E-state index contributed by atoms with van der Waals surface area (Å²) in [6.45, 7) is 1.74. The molecule has 0 unspecified atom stereocenters. The number of hydrogen-bond acceptors (Lipinski definition) is 5. The summed E-state index contributed by atoms with van der Waals surface area (Å²) in [5.74, 6) is -1.57. The summed E-state index contributed by atoms with van der Waals surface area (Å²) in [7, 11) is 2.03. The van der Waals surface area contributed by atoms with E-state index in [0.29, 0.717) is 20.9 Å². The van der Waals surface area contributed by atoms with E-state index in [1.807, 2.05) is 7.05 Å². The molecular weight excluding hydrogens is 371 g/mol. The van der Waals surface area contributed by atoms with Crippen molar-refractivity contribution >= 4 is 57.2 Å². The van der Waals surface area contributed by atoms with Crippen molar-refractivity contribution in [2.24, 2.45) is 0 Å². The number of likely N-dealkylation sites (N-methyl/N-ethyl adjacent to an activating group) is 1. The minimum absolute atomic E-state index is 0.298. The maximum Gasteiger partial charge on any atom is 0.315 e. The molecular formula is C15H14Cl2N4O2S. The Balaban J connectivity index is 1.64. The van der Waals surface area contributed by atoms with E-state index in [1.54, 1.807) is 12.1 Å². The van der Waals surface area contributed by atoms with Crippen molar-refractivity contribution in [3.8, 4) is 0 Å². The molecule has 1 aliphatic rings. The van der Waals surface area contributed by atoms with Gasteiger partial charge in [0.2, 0.25) is 0 Å². The van der Waals surface area contributed by atoms with Crippen molar-refractivity contribution < 1.29 is 9.59 Å². The van der Waals surface area contributed by atoms with E-state index in [4.69, 9.17) is 23.2 Å². The molecule has 0 saturated heterocycles. The van der Waals surface area contributed by atoms with E-state index >= 15 is 0 Å². The Hall–Kier alpha value is -1.67. The first-order chi connectivity index (χ1) is 11.4. The third kappa shape index (κ3) is 3.87. The maximum atomic E-state index is 12.0. The molecule has 0 bridgehead atoms. The summed E-state index contributed by atoms with van der Waals surface area (Å²) in [5.41, 5.74) is 1.38. The summed E-state index contributed by atoms with van der Waals surface area (Å²) >= 11 is 13.1. The third-order valence-electron chi connectivity index (χ3n) is 3.53. The number of carbonyl (C=O) groups is 2. The highest BCUT2D eigenvalue weighted by Gasteiger charge is 2.21. The number of halogens is 2. The molecule has 0 saturated carbocycles. The van der Waals surface area contributed by atoms with Crippen molar-refractivity contribution in [2.45, 2.75) is 13.0 Å². The fraction of sp³-hybridized carbons (Fsp3) is 0.267. The number of aromatic nitrogens is 1. The van der Waals surface area contributed by atoms with Gasteiger partial charge in [0, 0.05) is 30.1 Å². The molecule has 2 heterocycles. The topological polar surface area (TPSA) is 74.3 Å². The zero-order chi connectivity index (χ0) is 17.3. The van der Waals surface area contributed by atoms with Crippen LogP contribution < -0.4 is 10.6 Å². The Morgan fingerprint density at radius 1 is 1.21 bits per heavy atom. The van der Waals surface area contributed by atoms with E-state index in [1.165, 1.54) is 17.4 Å². The quantitative estimate of drug-likeness (QED) is 0.780. The maximum absolute atomic E-state index is 12.0. The van der Waals surface area contributed by atoms with Gasteiger partial charge in [0.1, 0.15) is 0 Å². The zero-order valence-electron chi connectivity index (χ0n) is 12.7. The Labute approximate surface area is 152 Å². The molecule has 24 heavy (non-hydrogen) atoms. The highest BCUT2D eigenvalue weighted by atomic mass is 35.5. The molecule has 2 aromatic rings. The Morgan fingerprint density at radius 3 is 2.71 bits per heavy atom. The van der Waals surface area contributed by atoms with Crippen LogP contribution in [-0.4, -0.2) is 35.3 Å². The minimum Gasteiger partial charge on any atom is -0.318 e. The highest BCUT2D eigenvalue weighted by Crippen LogP contribution is 2.28. The molecule has 126 valence electrons. The van der Waals surface area contributed by atoms with E-state index in [9.17, 15) is 9.59 Å². The zero-order valence-corrected chi connectivity index (χ0v) is 15.1. The third-order valence-corrected chi connectivity index (χ3v) is 5.26. The van der Waals surface area contributed by atoms with Gasteiger partial charge in [-0.2, -0.15) is 0 Å². The fourth-order valence-corrected chi connectivity index (χ4v) is 3.67. The summed E-state index contributed by atoms with van der Waals surface area (Å²) in [5, 5.41) is 6.12. The number of carbonyl (C=O) groups excluding carboxylic acids is 2. The van der Waals surface area contributed by atoms with E-state index in [-0.39, 0.29) is 0 Å². The monoisotopic (exact) mass is 384 g/mol. The number of nitrogens with one attached hydrogen (secondary N) is 2. The summed E-state index contributed by atoms with van der Waals surface area (Å²) in [6.07, 6.45) is 0.841. The molecule has 3 rings (SSSR count). The highest BCUT2D eigenvalue weighted by molar-refractivity contribution is 7.16. The van der Waals surface area contributed by atoms with Gasteiger partial charge in [-0.05, 0) is 25.2 Å². The molecule has 2 amide bonds. The summed E-state index contributed by atoms with van der Waals surface area (Å²) < 4.78 is 0. The Bertz CT molecular complexity index is 809. The van der Waals surface area contributed by atoms with Gasteiger partial charge in [0.25, 0.3) is 0 Å². The van der Waals surface area contributed by atoms with Crippen LogP contribution in [-0.2, 0) is 22.6 Å². The number of rotatable bonds is 2. The van der Waals surface area contributed by atoms with Gasteiger partial charge in [-0.25, -0.2) is 4.98 Å². The van der Waals surface area contributed by atoms with Crippen LogP contribution in [0.3, 0.4) is 0 Å². The molecule has 0 fully saturated rings. The Morgan fingerprint density at radius 2 is 1.96 bits per heavy atom. The Kier molecular flexibility index (Phi) is 5.05. The second-order valence-electron chi connectivity index (χ2n) is 5.41. The number of amides is 2. The second-order valence-corrected chi connectivity index (χ2v) is 7.31. The molecule has 0 aliphatic carbocycles. The van der Waals surface area contributed by atoms with Crippen LogP contribution in [0.4, 0.5) is 10.8 Å². The average Bonchev–Trinajstić information content (AvgIpc) is 2.92. The first-order valence-corrected chi connectivity index (χ1v) is 8.74. The molecule has 6 nitrogen and oxygen atoms in total. The fourth-order valence-electron chi connectivity index (χ4n) is 2.29. The lowest BCUT2D eigenvalue weighted by molar-refractivity contribution is -0.132. The molecule has 2 N–H and O–H groups in total. The normalized spacial score (nSPS) is 14.1. The van der Waals surface area contributed by atoms with Gasteiger partial charge in [0.05, 0.1) is 15.7 Å². The first kappa shape index (κ1) is 17.2. The summed E-state index contributed by atoms with van der Waals surface area (Å²) in [6, 6.07) is 4.59. The standard InChI is InChI=1S/C15H14Cl2N4O2S/c1-21-5-4-11-12(7-21)24-15(19-11)20-14(23)13(22)18-8-2-3-9(16)10(17)6-8/h2-3,6H,4-5,7H2,1H3,(H,18,22)(H,19,20,23). The van der Waals surface area contributed by atoms with Crippen LogP contribution in [0.1, 0.15) is 10.6 Å².